The fourth-order valence-corrected chi connectivity index (χ4v) is 15.1. The minimum atomic E-state index is -1.82. The lowest BCUT2D eigenvalue weighted by Gasteiger charge is -2.71. The highest BCUT2D eigenvalue weighted by atomic mass is 16.8. The number of hydrogen-bond donors (Lipinski definition) is 11. The fourth-order valence-electron chi connectivity index (χ4n) is 15.1. The average Bonchev–Trinajstić information content (AvgIpc) is 3.67. The van der Waals surface area contributed by atoms with Crippen molar-refractivity contribution in [1.29, 1.82) is 0 Å². The van der Waals surface area contributed by atoms with E-state index in [1.165, 1.54) is 6.92 Å². The quantitative estimate of drug-likeness (QED) is 0.0643. The monoisotopic (exact) mass is 989 g/mol. The van der Waals surface area contributed by atoms with Crippen LogP contribution in [0.4, 0.5) is 0 Å². The van der Waals surface area contributed by atoms with Crippen molar-refractivity contribution < 1.29 is 94.1 Å². The van der Waals surface area contributed by atoms with Crippen molar-refractivity contribution in [1.82, 2.24) is 0 Å². The third-order valence-corrected chi connectivity index (χ3v) is 19.1. The molecule has 0 amide bonds. The molecule has 4 aliphatic carbocycles. The van der Waals surface area contributed by atoms with Gasteiger partial charge < -0.3 is 89.3 Å². The molecule has 11 N–H and O–H groups in total. The number of fused-ring (bicyclic) bond motifs is 5. The summed E-state index contributed by atoms with van der Waals surface area (Å²) in [5.41, 5.74) is -1.23. The second-order valence-corrected chi connectivity index (χ2v) is 23.5. The average molecular weight is 989 g/mol. The van der Waals surface area contributed by atoms with Crippen LogP contribution in [0.3, 0.4) is 0 Å². The van der Waals surface area contributed by atoms with E-state index < -0.39 is 141 Å². The van der Waals surface area contributed by atoms with Crippen LogP contribution in [0.5, 0.6) is 0 Å². The van der Waals surface area contributed by atoms with Gasteiger partial charge in [-0.25, -0.2) is 0 Å². The van der Waals surface area contributed by atoms with Gasteiger partial charge in [-0.2, -0.15) is 0 Å². The van der Waals surface area contributed by atoms with E-state index in [1.54, 1.807) is 0 Å². The van der Waals surface area contributed by atoms with Gasteiger partial charge in [-0.15, -0.1) is 0 Å². The van der Waals surface area contributed by atoms with E-state index in [-0.39, 0.29) is 39.9 Å². The van der Waals surface area contributed by atoms with Crippen molar-refractivity contribution in [3.63, 3.8) is 0 Å². The normalized spacial score (nSPS) is 50.5. The molecule has 7 rings (SSSR count). The first-order chi connectivity index (χ1) is 32.2. The Morgan fingerprint density at radius 1 is 0.652 bits per heavy atom. The van der Waals surface area contributed by atoms with Crippen LogP contribution in [0.2, 0.25) is 0 Å². The van der Waals surface area contributed by atoms with Crippen LogP contribution in [0.1, 0.15) is 120 Å². The maximum absolute atomic E-state index is 12.7. The van der Waals surface area contributed by atoms with Gasteiger partial charge in [-0.3, -0.25) is 4.79 Å². The Morgan fingerprint density at radius 2 is 1.22 bits per heavy atom. The van der Waals surface area contributed by atoms with Crippen LogP contribution in [0.25, 0.3) is 0 Å². The van der Waals surface area contributed by atoms with Gasteiger partial charge in [0.15, 0.2) is 18.9 Å². The number of ether oxygens (including phenoxy) is 7. The lowest BCUT2D eigenvalue weighted by molar-refractivity contribution is -0.378. The molecule has 0 aromatic rings. The molecule has 3 aliphatic heterocycles. The number of allylic oxidation sites excluding steroid dienone is 2. The first kappa shape index (κ1) is 55.3. The molecule has 69 heavy (non-hydrogen) atoms. The summed E-state index contributed by atoms with van der Waals surface area (Å²) in [6, 6.07) is 0. The first-order valence-electron chi connectivity index (χ1n) is 25.3. The molecule has 4 saturated carbocycles. The first-order valence-corrected chi connectivity index (χ1v) is 25.3. The highest BCUT2D eigenvalue weighted by Gasteiger charge is 2.72. The van der Waals surface area contributed by atoms with Gasteiger partial charge in [-0.05, 0) is 124 Å². The Hall–Kier alpha value is -1.47. The lowest BCUT2D eigenvalue weighted by atomic mass is 9.35. The molecular formula is C50H84O19. The topological polar surface area (TPSA) is 304 Å². The van der Waals surface area contributed by atoms with Gasteiger partial charge >= 0.3 is 5.97 Å². The van der Waals surface area contributed by atoms with Crippen LogP contribution in [-0.4, -0.2) is 192 Å². The number of aliphatic hydroxyl groups is 11. The zero-order chi connectivity index (χ0) is 50.9. The number of aliphatic hydroxyl groups excluding tert-OH is 11. The van der Waals surface area contributed by atoms with Gasteiger partial charge in [0.1, 0.15) is 79.9 Å². The van der Waals surface area contributed by atoms with Crippen LogP contribution in [0, 0.1) is 45.3 Å². The summed E-state index contributed by atoms with van der Waals surface area (Å²) in [5.74, 6) is -0.854. The highest BCUT2D eigenvalue weighted by molar-refractivity contribution is 5.65. The smallest absolute Gasteiger partial charge is 0.302 e. The molecule has 7 fully saturated rings. The second-order valence-electron chi connectivity index (χ2n) is 23.5. The van der Waals surface area contributed by atoms with E-state index in [0.717, 1.165) is 31.3 Å². The molecule has 0 unspecified atom stereocenters. The van der Waals surface area contributed by atoms with Crippen LogP contribution < -0.4 is 0 Å². The van der Waals surface area contributed by atoms with Gasteiger partial charge in [-0.1, -0.05) is 46.3 Å². The van der Waals surface area contributed by atoms with E-state index in [1.807, 2.05) is 20.8 Å². The predicted octanol–water partition coefficient (Wildman–Crippen LogP) is 0.544. The van der Waals surface area contributed by atoms with E-state index in [0.29, 0.717) is 32.1 Å². The SMILES string of the molecule is CC(=O)OC[C@H]1O[C@@H](O[C@H]2CC[C@]3(C)[C@H]4C[C@@H](O)[C@@H]5[C@@H]([C@](C)(CCC=C(C)C)O[C@@H]6O[C@H](CO)[C@@H](O)[C@H](O)[C@H]6O)CC[C@@]5(C)[C@]4(C)CC[C@H]3C2(C)C)[C@H](O[C@@H]2O[C@H](CO)[C@@H](O)[C@H](O)[C@H]2O)[C@@H](O)[C@@H]1O. The molecule has 7 aliphatic rings. The Balaban J connectivity index is 1.14. The standard InChI is InChI=1S/C50H84O19/c1-23(2)11-10-15-50(9,69-44-41(62)38(59)35(56)28(21-52)65-44)25-12-17-49(8)33(25)26(54)19-31-47(6)16-14-32(46(4,5)30(47)13-18-48(31,49)7)67-45-42(39(60)36(57)29(66-45)22-63-24(3)53)68-43-40(61)37(58)34(55)27(20-51)64-43/h11,25-45,51-52,54-62H,10,12-22H2,1-9H3/t25-,26+,27+,28+,29+,30-,31+,32-,33-,34+,35+,36+,37-,38-,39-,40+,41+,42+,43-,44-,45-,47-,48+,49+,50-/m0/s1. The van der Waals surface area contributed by atoms with Crippen LogP contribution in [-0.2, 0) is 38.0 Å². The minimum absolute atomic E-state index is 0.0657. The molecule has 0 bridgehead atoms. The predicted molar refractivity (Wildman–Crippen MR) is 243 cm³/mol. The molecule has 25 atom stereocenters. The number of carbonyl (C=O) groups excluding carboxylic acids is 1. The lowest BCUT2D eigenvalue weighted by Crippen LogP contribution is -2.68. The maximum Gasteiger partial charge on any atom is 0.302 e. The summed E-state index contributed by atoms with van der Waals surface area (Å²) >= 11 is 0. The number of carbonyl (C=O) groups is 1. The Kier molecular flexibility index (Phi) is 16.6. The van der Waals surface area contributed by atoms with Crippen molar-refractivity contribution in [3.05, 3.63) is 11.6 Å². The summed E-state index contributed by atoms with van der Waals surface area (Å²) in [5, 5.41) is 120. The summed E-state index contributed by atoms with van der Waals surface area (Å²) in [6.45, 7) is 16.9. The van der Waals surface area contributed by atoms with E-state index >= 15 is 0 Å². The summed E-state index contributed by atoms with van der Waals surface area (Å²) < 4.78 is 42.7. The molecule has 3 saturated heterocycles. The van der Waals surface area contributed by atoms with Crippen molar-refractivity contribution >= 4 is 5.97 Å². The van der Waals surface area contributed by atoms with Crippen molar-refractivity contribution in [2.45, 2.75) is 230 Å². The van der Waals surface area contributed by atoms with Gasteiger partial charge in [0, 0.05) is 6.92 Å². The third-order valence-electron chi connectivity index (χ3n) is 19.1. The third kappa shape index (κ3) is 9.75. The Labute approximate surface area is 406 Å². The van der Waals surface area contributed by atoms with Crippen molar-refractivity contribution in [3.8, 4) is 0 Å². The highest BCUT2D eigenvalue weighted by Crippen LogP contribution is 2.76. The number of hydrogen-bond acceptors (Lipinski definition) is 19. The summed E-state index contributed by atoms with van der Waals surface area (Å²) in [6.07, 6.45) is -15.9. The maximum atomic E-state index is 12.7. The Morgan fingerprint density at radius 3 is 1.81 bits per heavy atom. The Bertz CT molecular complexity index is 1790. The molecule has 0 radical (unpaired) electrons. The molecule has 0 aromatic carbocycles. The van der Waals surface area contributed by atoms with E-state index in [2.05, 4.69) is 40.7 Å². The van der Waals surface area contributed by atoms with E-state index in [9.17, 15) is 61.0 Å². The molecule has 3 heterocycles. The second kappa shape index (κ2) is 20.7. The minimum Gasteiger partial charge on any atom is -0.463 e. The zero-order valence-corrected chi connectivity index (χ0v) is 41.9. The molecule has 0 spiro atoms. The number of esters is 1. The molecule has 398 valence electrons. The zero-order valence-electron chi connectivity index (χ0n) is 41.9. The van der Waals surface area contributed by atoms with E-state index in [4.69, 9.17) is 33.2 Å². The molecule has 19 heteroatoms. The van der Waals surface area contributed by atoms with Crippen molar-refractivity contribution in [2.75, 3.05) is 19.8 Å². The van der Waals surface area contributed by atoms with Gasteiger partial charge in [0.2, 0.25) is 0 Å². The molecule has 0 aromatic heterocycles. The van der Waals surface area contributed by atoms with Gasteiger partial charge in [0.05, 0.1) is 31.0 Å². The largest absolute Gasteiger partial charge is 0.463 e. The fraction of sp³-hybridized carbons (Fsp3) is 0.940. The van der Waals surface area contributed by atoms with Crippen LogP contribution >= 0.6 is 0 Å². The summed E-state index contributed by atoms with van der Waals surface area (Å²) in [7, 11) is 0. The molecule has 19 nitrogen and oxygen atoms in total. The van der Waals surface area contributed by atoms with Gasteiger partial charge in [0.25, 0.3) is 0 Å². The van der Waals surface area contributed by atoms with Crippen LogP contribution in [0.15, 0.2) is 11.6 Å². The summed E-state index contributed by atoms with van der Waals surface area (Å²) in [4.78, 5) is 11.8. The van der Waals surface area contributed by atoms with Crippen molar-refractivity contribution in [2.24, 2.45) is 45.3 Å². The number of rotatable bonds is 14. The molecular weight excluding hydrogens is 905 g/mol.